The lowest BCUT2D eigenvalue weighted by Gasteiger charge is -2.11. The lowest BCUT2D eigenvalue weighted by atomic mass is 10.2. The molecule has 0 unspecified atom stereocenters. The molecule has 1 fully saturated rings. The van der Waals surface area contributed by atoms with Gasteiger partial charge in [-0.05, 0) is 48.5 Å². The number of benzene rings is 2. The van der Waals surface area contributed by atoms with Gasteiger partial charge in [-0.1, -0.05) is 35.6 Å². The van der Waals surface area contributed by atoms with Crippen molar-refractivity contribution in [3.05, 3.63) is 58.0 Å². The summed E-state index contributed by atoms with van der Waals surface area (Å²) in [6, 6.07) is 12.7. The van der Waals surface area contributed by atoms with Gasteiger partial charge in [0.05, 0.1) is 25.2 Å². The third-order valence-corrected chi connectivity index (χ3v) is 5.17. The number of methoxy groups -OCH3 is 1. The lowest BCUT2D eigenvalue weighted by Crippen LogP contribution is -2.17. The maximum absolute atomic E-state index is 11.9. The van der Waals surface area contributed by atoms with Crippen molar-refractivity contribution in [2.45, 2.75) is 6.42 Å². The van der Waals surface area contributed by atoms with Crippen LogP contribution in [-0.4, -0.2) is 30.6 Å². The van der Waals surface area contributed by atoms with Crippen LogP contribution in [0.15, 0.2) is 47.4 Å². The number of hydrogen-bond donors (Lipinski definition) is 1. The van der Waals surface area contributed by atoms with Crippen molar-refractivity contribution < 1.29 is 19.0 Å². The predicted octanol–water partition coefficient (Wildman–Crippen LogP) is 4.69. The van der Waals surface area contributed by atoms with E-state index in [-0.39, 0.29) is 5.91 Å². The maximum atomic E-state index is 11.9. The summed E-state index contributed by atoms with van der Waals surface area (Å²) >= 11 is 12.3. The van der Waals surface area contributed by atoms with Crippen molar-refractivity contribution in [2.75, 3.05) is 20.3 Å². The van der Waals surface area contributed by atoms with Gasteiger partial charge < -0.3 is 19.5 Å². The van der Waals surface area contributed by atoms with E-state index >= 15 is 0 Å². The molecule has 1 heterocycles. The van der Waals surface area contributed by atoms with Gasteiger partial charge >= 0.3 is 0 Å². The highest BCUT2D eigenvalue weighted by molar-refractivity contribution is 8.26. The summed E-state index contributed by atoms with van der Waals surface area (Å²) in [6.07, 6.45) is 2.43. The standard InChI is InChI=1S/C20H18ClNO4S2/c1-24-15-4-6-16(7-5-15)25-9-2-10-26-17-8-3-14(21)11-13(17)12-18-19(23)22-20(27)28-18/h3-8,11-12H,2,9-10H2,1H3,(H,22,23,27)/b18-12-. The maximum Gasteiger partial charge on any atom is 0.263 e. The highest BCUT2D eigenvalue weighted by atomic mass is 35.5. The quantitative estimate of drug-likeness (QED) is 0.369. The fourth-order valence-corrected chi connectivity index (χ4v) is 3.64. The molecule has 0 aromatic heterocycles. The van der Waals surface area contributed by atoms with E-state index < -0.39 is 0 Å². The molecule has 146 valence electrons. The van der Waals surface area contributed by atoms with Crippen molar-refractivity contribution in [3.8, 4) is 17.2 Å². The summed E-state index contributed by atoms with van der Waals surface area (Å²) in [5, 5.41) is 3.16. The van der Waals surface area contributed by atoms with Gasteiger partial charge in [0.1, 0.15) is 21.6 Å². The molecule has 1 amide bonds. The second kappa shape index (κ2) is 9.82. The molecule has 1 aliphatic heterocycles. The predicted molar refractivity (Wildman–Crippen MR) is 116 cm³/mol. The number of carbonyl (C=O) groups excluding carboxylic acids is 1. The Kier molecular flexibility index (Phi) is 7.19. The van der Waals surface area contributed by atoms with Crippen LogP contribution in [0, 0.1) is 0 Å². The molecule has 1 saturated heterocycles. The first-order valence-electron chi connectivity index (χ1n) is 8.49. The summed E-state index contributed by atoms with van der Waals surface area (Å²) in [6.45, 7) is 0.981. The van der Waals surface area contributed by atoms with Crippen molar-refractivity contribution in [2.24, 2.45) is 0 Å². The molecule has 0 aliphatic carbocycles. The van der Waals surface area contributed by atoms with Gasteiger partial charge in [-0.25, -0.2) is 0 Å². The third-order valence-electron chi connectivity index (χ3n) is 3.77. The Morgan fingerprint density at radius 2 is 1.82 bits per heavy atom. The number of nitrogens with one attached hydrogen (secondary N) is 1. The van der Waals surface area contributed by atoms with Gasteiger partial charge in [-0.2, -0.15) is 0 Å². The Hall–Kier alpha value is -2.22. The van der Waals surface area contributed by atoms with Crippen LogP contribution in [-0.2, 0) is 4.79 Å². The number of hydrogen-bond acceptors (Lipinski definition) is 6. The van der Waals surface area contributed by atoms with Crippen molar-refractivity contribution in [3.63, 3.8) is 0 Å². The zero-order valence-corrected chi connectivity index (χ0v) is 17.5. The van der Waals surface area contributed by atoms with Gasteiger partial charge in [0.2, 0.25) is 0 Å². The number of halogens is 1. The van der Waals surface area contributed by atoms with Crippen LogP contribution in [0.5, 0.6) is 17.2 Å². The van der Waals surface area contributed by atoms with Crippen LogP contribution in [0.4, 0.5) is 0 Å². The molecule has 3 rings (SSSR count). The van der Waals surface area contributed by atoms with E-state index in [4.69, 9.17) is 38.0 Å². The molecular formula is C20H18ClNO4S2. The van der Waals surface area contributed by atoms with E-state index in [1.807, 2.05) is 24.3 Å². The van der Waals surface area contributed by atoms with E-state index in [9.17, 15) is 4.79 Å². The smallest absolute Gasteiger partial charge is 0.263 e. The monoisotopic (exact) mass is 435 g/mol. The van der Waals surface area contributed by atoms with E-state index in [0.717, 1.165) is 17.1 Å². The van der Waals surface area contributed by atoms with Crippen LogP contribution in [0.2, 0.25) is 5.02 Å². The molecule has 0 radical (unpaired) electrons. The zero-order chi connectivity index (χ0) is 19.9. The molecule has 0 bridgehead atoms. The van der Waals surface area contributed by atoms with Crippen LogP contribution >= 0.6 is 35.6 Å². The fourth-order valence-electron chi connectivity index (χ4n) is 2.43. The van der Waals surface area contributed by atoms with Gasteiger partial charge in [-0.3, -0.25) is 4.79 Å². The van der Waals surface area contributed by atoms with Crippen LogP contribution in [0.1, 0.15) is 12.0 Å². The highest BCUT2D eigenvalue weighted by Crippen LogP contribution is 2.31. The normalized spacial score (nSPS) is 14.9. The summed E-state index contributed by atoms with van der Waals surface area (Å²) in [5.41, 5.74) is 0.728. The first-order chi connectivity index (χ1) is 13.5. The molecule has 1 aliphatic rings. The summed E-state index contributed by atoms with van der Waals surface area (Å²) in [4.78, 5) is 12.4. The Morgan fingerprint density at radius 1 is 1.11 bits per heavy atom. The minimum absolute atomic E-state index is 0.214. The van der Waals surface area contributed by atoms with Gasteiger partial charge in [-0.15, -0.1) is 0 Å². The molecule has 0 spiro atoms. The molecule has 2 aromatic carbocycles. The highest BCUT2D eigenvalue weighted by Gasteiger charge is 2.22. The van der Waals surface area contributed by atoms with Crippen molar-refractivity contribution in [1.82, 2.24) is 5.32 Å². The van der Waals surface area contributed by atoms with Gasteiger partial charge in [0, 0.05) is 17.0 Å². The molecule has 1 N–H and O–H groups in total. The Morgan fingerprint density at radius 3 is 2.50 bits per heavy atom. The second-order valence-corrected chi connectivity index (χ2v) is 7.92. The van der Waals surface area contributed by atoms with E-state index in [2.05, 4.69) is 5.32 Å². The zero-order valence-electron chi connectivity index (χ0n) is 15.1. The molecular weight excluding hydrogens is 418 g/mol. The van der Waals surface area contributed by atoms with Crippen molar-refractivity contribution >= 4 is 51.9 Å². The van der Waals surface area contributed by atoms with E-state index in [1.165, 1.54) is 11.8 Å². The van der Waals surface area contributed by atoms with E-state index in [0.29, 0.717) is 39.6 Å². The van der Waals surface area contributed by atoms with Crippen LogP contribution in [0.25, 0.3) is 6.08 Å². The largest absolute Gasteiger partial charge is 0.497 e. The molecule has 0 atom stereocenters. The van der Waals surface area contributed by atoms with Gasteiger partial charge in [0.25, 0.3) is 5.91 Å². The molecule has 5 nitrogen and oxygen atoms in total. The Labute approximate surface area is 178 Å². The average Bonchev–Trinajstić information content (AvgIpc) is 3.00. The average molecular weight is 436 g/mol. The van der Waals surface area contributed by atoms with Crippen LogP contribution < -0.4 is 19.5 Å². The first kappa shape index (κ1) is 20.5. The van der Waals surface area contributed by atoms with Gasteiger partial charge in [0.15, 0.2) is 0 Å². The number of thioether (sulfide) groups is 1. The summed E-state index contributed by atoms with van der Waals surface area (Å²) in [5.74, 6) is 1.99. The third kappa shape index (κ3) is 5.64. The molecule has 0 saturated carbocycles. The topological polar surface area (TPSA) is 56.8 Å². The minimum Gasteiger partial charge on any atom is -0.497 e. The Bertz CT molecular complexity index is 900. The Balaban J connectivity index is 1.55. The second-order valence-electron chi connectivity index (χ2n) is 5.76. The van der Waals surface area contributed by atoms with Crippen LogP contribution in [0.3, 0.4) is 0 Å². The summed E-state index contributed by atoms with van der Waals surface area (Å²) < 4.78 is 17.1. The molecule has 2 aromatic rings. The lowest BCUT2D eigenvalue weighted by molar-refractivity contribution is -0.115. The molecule has 28 heavy (non-hydrogen) atoms. The fraction of sp³-hybridized carbons (Fsp3) is 0.200. The minimum atomic E-state index is -0.214. The first-order valence-corrected chi connectivity index (χ1v) is 10.1. The van der Waals surface area contributed by atoms with E-state index in [1.54, 1.807) is 31.4 Å². The molecule has 8 heteroatoms. The number of amides is 1. The SMILES string of the molecule is COc1ccc(OCCCOc2ccc(Cl)cc2/C=C2\SC(=S)NC2=O)cc1. The number of carbonyl (C=O) groups is 1. The number of ether oxygens (including phenoxy) is 3. The van der Waals surface area contributed by atoms with Crippen molar-refractivity contribution in [1.29, 1.82) is 0 Å². The number of rotatable bonds is 8. The number of thiocarbonyl (C=S) groups is 1. The summed E-state index contributed by atoms with van der Waals surface area (Å²) in [7, 11) is 1.63.